The third-order valence-electron chi connectivity index (χ3n) is 7.27. The molecular formula is C27H39N11O3. The van der Waals surface area contributed by atoms with Crippen LogP contribution in [0.2, 0.25) is 0 Å². The molecule has 41 heavy (non-hydrogen) atoms. The third kappa shape index (κ3) is 6.55. The van der Waals surface area contributed by atoms with Crippen LogP contribution in [0.5, 0.6) is 0 Å². The predicted molar refractivity (Wildman–Crippen MR) is 156 cm³/mol. The fourth-order valence-electron chi connectivity index (χ4n) is 4.90. The number of fused-ring (bicyclic) bond motifs is 2. The van der Waals surface area contributed by atoms with Gasteiger partial charge in [0.05, 0.1) is 31.4 Å². The quantitative estimate of drug-likeness (QED) is 0.132. The molecule has 4 aromatic rings. The average Bonchev–Trinajstić information content (AvgIpc) is 3.31. The van der Waals surface area contributed by atoms with Gasteiger partial charge >= 0.3 is 0 Å². The molecular weight excluding hydrogens is 526 g/mol. The molecule has 1 aliphatic carbocycles. The van der Waals surface area contributed by atoms with Crippen LogP contribution in [-0.4, -0.2) is 74.1 Å². The maximum Gasteiger partial charge on any atom is 0.224 e. The zero-order valence-electron chi connectivity index (χ0n) is 23.5. The molecule has 0 amide bonds. The second kappa shape index (κ2) is 12.7. The number of aliphatic hydroxyl groups excluding tert-OH is 2. The standard InChI is InChI=1S/C14H23N5O.C13H16N6O2/c1-3-4-5-6-7-11(10(2)20)19-9-18-12-13(15)16-8-17-14(12)19;14-13-17-11(16-7-1-2-7)10-12(18-13)19(6-15-10)9-4-3-8(5-20)21-9/h8-11,20H,3-7H2,1-2H3,(H2,15,16,17);3-4,6-9,20H,1-2,5H2,(H3,14,16,17,18)/t10-,11-;8-,9+/m00/s1. The van der Waals surface area contributed by atoms with Crippen LogP contribution in [-0.2, 0) is 4.74 Å². The first-order valence-corrected chi connectivity index (χ1v) is 14.2. The molecule has 14 heteroatoms. The number of imidazole rings is 2. The molecule has 1 saturated carbocycles. The summed E-state index contributed by atoms with van der Waals surface area (Å²) in [5.74, 6) is 1.25. The van der Waals surface area contributed by atoms with Crippen molar-refractivity contribution in [3.8, 4) is 0 Å². The van der Waals surface area contributed by atoms with Crippen molar-refractivity contribution in [2.45, 2.75) is 89.3 Å². The summed E-state index contributed by atoms with van der Waals surface area (Å²) in [5.41, 5.74) is 14.2. The molecule has 0 aromatic carbocycles. The highest BCUT2D eigenvalue weighted by Crippen LogP contribution is 2.30. The van der Waals surface area contributed by atoms with Gasteiger partial charge in [-0.2, -0.15) is 9.97 Å². The minimum Gasteiger partial charge on any atom is -0.393 e. The molecule has 220 valence electrons. The Bertz CT molecular complexity index is 1480. The van der Waals surface area contributed by atoms with E-state index in [1.807, 2.05) is 16.7 Å². The number of ether oxygens (including phenoxy) is 1. The van der Waals surface area contributed by atoms with Gasteiger partial charge in [0.25, 0.3) is 0 Å². The largest absolute Gasteiger partial charge is 0.393 e. The van der Waals surface area contributed by atoms with Crippen molar-refractivity contribution in [1.29, 1.82) is 0 Å². The molecule has 5 heterocycles. The van der Waals surface area contributed by atoms with E-state index in [2.05, 4.69) is 42.1 Å². The summed E-state index contributed by atoms with van der Waals surface area (Å²) in [6.45, 7) is 3.95. The molecule has 7 N–H and O–H groups in total. The van der Waals surface area contributed by atoms with Gasteiger partial charge in [-0.1, -0.05) is 38.7 Å². The van der Waals surface area contributed by atoms with Crippen LogP contribution >= 0.6 is 0 Å². The van der Waals surface area contributed by atoms with Crippen molar-refractivity contribution >= 4 is 39.9 Å². The zero-order valence-corrected chi connectivity index (χ0v) is 23.5. The topological polar surface area (TPSA) is 201 Å². The third-order valence-corrected chi connectivity index (χ3v) is 7.27. The Morgan fingerprint density at radius 2 is 1.83 bits per heavy atom. The van der Waals surface area contributed by atoms with Crippen molar-refractivity contribution < 1.29 is 14.9 Å². The molecule has 0 bridgehead atoms. The molecule has 0 spiro atoms. The van der Waals surface area contributed by atoms with Crippen LogP contribution in [0, 0.1) is 0 Å². The lowest BCUT2D eigenvalue weighted by molar-refractivity contribution is -0.00638. The SMILES string of the molecule is CCCCCC[C@@H]([C@H](C)O)n1cnc2c(N)ncnc21.Nc1nc(NC2CC2)c2ncn([C@H]3C=C[C@@H](CO)O3)c2n1. The van der Waals surface area contributed by atoms with Crippen LogP contribution in [0.25, 0.3) is 22.3 Å². The average molecular weight is 566 g/mol. The van der Waals surface area contributed by atoms with Gasteiger partial charge in [-0.3, -0.25) is 4.57 Å². The smallest absolute Gasteiger partial charge is 0.224 e. The maximum atomic E-state index is 10.0. The maximum absolute atomic E-state index is 10.0. The van der Waals surface area contributed by atoms with Crippen molar-refractivity contribution in [1.82, 2.24) is 39.0 Å². The molecule has 2 aliphatic rings. The first-order valence-electron chi connectivity index (χ1n) is 14.2. The molecule has 0 saturated heterocycles. The van der Waals surface area contributed by atoms with E-state index in [1.165, 1.54) is 25.6 Å². The van der Waals surface area contributed by atoms with Gasteiger partial charge in [-0.05, 0) is 32.3 Å². The van der Waals surface area contributed by atoms with Gasteiger partial charge in [0.15, 0.2) is 34.7 Å². The fourth-order valence-corrected chi connectivity index (χ4v) is 4.90. The van der Waals surface area contributed by atoms with Gasteiger partial charge in [-0.15, -0.1) is 0 Å². The minimum atomic E-state index is -0.454. The van der Waals surface area contributed by atoms with E-state index in [0.29, 0.717) is 40.0 Å². The van der Waals surface area contributed by atoms with Crippen molar-refractivity contribution in [2.24, 2.45) is 0 Å². The monoisotopic (exact) mass is 565 g/mol. The van der Waals surface area contributed by atoms with Crippen LogP contribution < -0.4 is 16.8 Å². The van der Waals surface area contributed by atoms with Gasteiger partial charge < -0.3 is 36.3 Å². The summed E-state index contributed by atoms with van der Waals surface area (Å²) in [7, 11) is 0. The van der Waals surface area contributed by atoms with Crippen LogP contribution in [0.1, 0.15) is 71.1 Å². The fraction of sp³-hybridized carbons (Fsp3) is 0.556. The summed E-state index contributed by atoms with van der Waals surface area (Å²) in [6, 6.07) is 0.431. The Hall–Kier alpha value is -3.88. The number of hydrogen-bond donors (Lipinski definition) is 5. The van der Waals surface area contributed by atoms with E-state index in [1.54, 1.807) is 24.1 Å². The van der Waals surface area contributed by atoms with E-state index < -0.39 is 6.10 Å². The number of unbranched alkanes of at least 4 members (excludes halogenated alkanes) is 3. The summed E-state index contributed by atoms with van der Waals surface area (Å²) in [6.07, 6.45) is 15.3. The van der Waals surface area contributed by atoms with Gasteiger partial charge in [0.2, 0.25) is 5.95 Å². The van der Waals surface area contributed by atoms with Crippen LogP contribution in [0.4, 0.5) is 17.6 Å². The molecule has 4 atom stereocenters. The Morgan fingerprint density at radius 1 is 1.02 bits per heavy atom. The molecule has 0 unspecified atom stereocenters. The number of anilines is 3. The van der Waals surface area contributed by atoms with E-state index in [4.69, 9.17) is 21.3 Å². The Kier molecular flexibility index (Phi) is 8.90. The lowest BCUT2D eigenvalue weighted by Gasteiger charge is -2.21. The second-order valence-electron chi connectivity index (χ2n) is 10.5. The number of nitrogens with zero attached hydrogens (tertiary/aromatic N) is 8. The first-order chi connectivity index (χ1) is 19.9. The Balaban J connectivity index is 0.000000165. The molecule has 4 aromatic heterocycles. The van der Waals surface area contributed by atoms with Gasteiger partial charge in [0, 0.05) is 6.04 Å². The second-order valence-corrected chi connectivity index (χ2v) is 10.5. The number of rotatable bonds is 11. The van der Waals surface area contributed by atoms with Crippen molar-refractivity contribution in [2.75, 3.05) is 23.4 Å². The number of aliphatic hydroxyl groups is 2. The Morgan fingerprint density at radius 3 is 2.54 bits per heavy atom. The summed E-state index contributed by atoms with van der Waals surface area (Å²) in [5, 5.41) is 22.5. The summed E-state index contributed by atoms with van der Waals surface area (Å²) < 4.78 is 9.39. The van der Waals surface area contributed by atoms with Crippen LogP contribution in [0.3, 0.4) is 0 Å². The van der Waals surface area contributed by atoms with E-state index in [0.717, 1.165) is 25.7 Å². The van der Waals surface area contributed by atoms with Crippen molar-refractivity contribution in [3.05, 3.63) is 31.1 Å². The van der Waals surface area contributed by atoms with E-state index in [-0.39, 0.29) is 30.9 Å². The molecule has 6 rings (SSSR count). The van der Waals surface area contributed by atoms with Gasteiger partial charge in [0.1, 0.15) is 17.9 Å². The highest BCUT2D eigenvalue weighted by molar-refractivity contribution is 5.84. The minimum absolute atomic E-state index is 0.0221. The van der Waals surface area contributed by atoms with Gasteiger partial charge in [-0.25, -0.2) is 19.9 Å². The molecule has 14 nitrogen and oxygen atoms in total. The molecule has 1 fully saturated rings. The van der Waals surface area contributed by atoms with Crippen molar-refractivity contribution in [3.63, 3.8) is 0 Å². The molecule has 0 radical (unpaired) electrons. The lowest BCUT2D eigenvalue weighted by Crippen LogP contribution is -2.21. The number of hydrogen-bond acceptors (Lipinski definition) is 12. The highest BCUT2D eigenvalue weighted by Gasteiger charge is 2.26. The number of nitrogen functional groups attached to an aromatic ring is 2. The molecule has 1 aliphatic heterocycles. The van der Waals surface area contributed by atoms with Crippen LogP contribution in [0.15, 0.2) is 31.1 Å². The highest BCUT2D eigenvalue weighted by atomic mass is 16.5. The summed E-state index contributed by atoms with van der Waals surface area (Å²) in [4.78, 5) is 25.3. The number of aromatic nitrogens is 8. The lowest BCUT2D eigenvalue weighted by atomic mass is 10.0. The number of nitrogens with two attached hydrogens (primary N) is 2. The van der Waals surface area contributed by atoms with E-state index >= 15 is 0 Å². The van der Waals surface area contributed by atoms with E-state index in [9.17, 15) is 5.11 Å². The Labute approximate surface area is 237 Å². The first kappa shape index (κ1) is 28.6. The normalized spacial score (nSPS) is 19.8. The zero-order chi connectivity index (χ0) is 28.9. The summed E-state index contributed by atoms with van der Waals surface area (Å²) >= 11 is 0. The predicted octanol–water partition coefficient (Wildman–Crippen LogP) is 2.73. The number of nitrogens with one attached hydrogen (secondary N) is 1.